The lowest BCUT2D eigenvalue weighted by Crippen LogP contribution is -2.43. The highest BCUT2D eigenvalue weighted by atomic mass is 16.2. The summed E-state index contributed by atoms with van der Waals surface area (Å²) in [5.41, 5.74) is 7.48. The lowest BCUT2D eigenvalue weighted by molar-refractivity contribution is -0.123. The first-order valence-electron chi connectivity index (χ1n) is 7.24. The normalized spacial score (nSPS) is 12.3. The summed E-state index contributed by atoms with van der Waals surface area (Å²) in [6, 6.07) is 6.90. The number of nitrogens with one attached hydrogen (secondary N) is 2. The van der Waals surface area contributed by atoms with Crippen molar-refractivity contribution in [3.63, 3.8) is 0 Å². The molecule has 0 saturated heterocycles. The van der Waals surface area contributed by atoms with Gasteiger partial charge in [0.1, 0.15) is 0 Å². The summed E-state index contributed by atoms with van der Waals surface area (Å²) < 4.78 is 0. The van der Waals surface area contributed by atoms with Gasteiger partial charge in [-0.05, 0) is 23.6 Å². The van der Waals surface area contributed by atoms with Gasteiger partial charge in [-0.1, -0.05) is 39.8 Å². The fourth-order valence-corrected chi connectivity index (χ4v) is 1.60. The van der Waals surface area contributed by atoms with Crippen molar-refractivity contribution in [2.24, 2.45) is 17.6 Å². The van der Waals surface area contributed by atoms with Crippen LogP contribution in [0.25, 0.3) is 0 Å². The standard InChI is InChI=1S/C16H25N3O2/c1-10(2)14(17)16(21)18-9-12-5-7-13(8-6-12)19-15(20)11(3)4/h5-8,10-11,14H,9,17H2,1-4H3,(H,18,21)(H,19,20). The van der Waals surface area contributed by atoms with E-state index in [1.165, 1.54) is 0 Å². The van der Waals surface area contributed by atoms with Gasteiger partial charge in [0.15, 0.2) is 0 Å². The molecule has 5 nitrogen and oxygen atoms in total. The van der Waals surface area contributed by atoms with Gasteiger partial charge in [-0.3, -0.25) is 9.59 Å². The second-order valence-electron chi connectivity index (χ2n) is 5.83. The Morgan fingerprint density at radius 2 is 1.62 bits per heavy atom. The van der Waals surface area contributed by atoms with Crippen molar-refractivity contribution in [3.8, 4) is 0 Å². The van der Waals surface area contributed by atoms with E-state index in [1.54, 1.807) is 0 Å². The van der Waals surface area contributed by atoms with Crippen molar-refractivity contribution in [1.29, 1.82) is 0 Å². The number of rotatable bonds is 6. The number of benzene rings is 1. The monoisotopic (exact) mass is 291 g/mol. The fraction of sp³-hybridized carbons (Fsp3) is 0.500. The second-order valence-corrected chi connectivity index (χ2v) is 5.83. The minimum atomic E-state index is -0.491. The predicted molar refractivity (Wildman–Crippen MR) is 84.6 cm³/mol. The number of carbonyl (C=O) groups is 2. The van der Waals surface area contributed by atoms with Gasteiger partial charge in [-0.25, -0.2) is 0 Å². The molecular formula is C16H25N3O2. The van der Waals surface area contributed by atoms with Gasteiger partial charge < -0.3 is 16.4 Å². The molecule has 2 amide bonds. The number of hydrogen-bond donors (Lipinski definition) is 3. The van der Waals surface area contributed by atoms with Gasteiger partial charge in [0.2, 0.25) is 11.8 Å². The summed E-state index contributed by atoms with van der Waals surface area (Å²) in [6.45, 7) is 7.94. The molecule has 116 valence electrons. The second kappa shape index (κ2) is 7.78. The lowest BCUT2D eigenvalue weighted by atomic mass is 10.0. The van der Waals surface area contributed by atoms with Crippen LogP contribution in [0.1, 0.15) is 33.3 Å². The molecule has 0 fully saturated rings. The topological polar surface area (TPSA) is 84.2 Å². The maximum Gasteiger partial charge on any atom is 0.237 e. The Bertz CT molecular complexity index is 481. The third-order valence-electron chi connectivity index (χ3n) is 3.23. The average Bonchev–Trinajstić information content (AvgIpc) is 2.45. The molecule has 4 N–H and O–H groups in total. The Labute approximate surface area is 126 Å². The van der Waals surface area contributed by atoms with Gasteiger partial charge >= 0.3 is 0 Å². The minimum Gasteiger partial charge on any atom is -0.351 e. The van der Waals surface area contributed by atoms with Gasteiger partial charge in [0.05, 0.1) is 6.04 Å². The van der Waals surface area contributed by atoms with Crippen LogP contribution in [0.2, 0.25) is 0 Å². The van der Waals surface area contributed by atoms with E-state index in [1.807, 2.05) is 52.0 Å². The maximum atomic E-state index is 11.8. The van der Waals surface area contributed by atoms with Crippen LogP contribution >= 0.6 is 0 Å². The molecule has 0 aromatic heterocycles. The Morgan fingerprint density at radius 3 is 2.10 bits per heavy atom. The van der Waals surface area contributed by atoms with Crippen LogP contribution in [0.15, 0.2) is 24.3 Å². The van der Waals surface area contributed by atoms with Crippen LogP contribution in [0.5, 0.6) is 0 Å². The highest BCUT2D eigenvalue weighted by molar-refractivity contribution is 5.92. The van der Waals surface area contributed by atoms with Crippen molar-refractivity contribution in [3.05, 3.63) is 29.8 Å². The molecule has 5 heteroatoms. The molecule has 0 bridgehead atoms. The summed E-state index contributed by atoms with van der Waals surface area (Å²) in [7, 11) is 0. The molecule has 1 unspecified atom stereocenters. The molecule has 1 atom stereocenters. The van der Waals surface area contributed by atoms with Crippen LogP contribution in [-0.2, 0) is 16.1 Å². The van der Waals surface area contributed by atoms with Gasteiger partial charge in [-0.2, -0.15) is 0 Å². The number of amides is 2. The van der Waals surface area contributed by atoms with E-state index >= 15 is 0 Å². The van der Waals surface area contributed by atoms with E-state index in [0.29, 0.717) is 6.54 Å². The summed E-state index contributed by atoms with van der Waals surface area (Å²) in [5.74, 6) is -0.110. The van der Waals surface area contributed by atoms with E-state index in [2.05, 4.69) is 10.6 Å². The van der Waals surface area contributed by atoms with Crippen LogP contribution in [0.3, 0.4) is 0 Å². The average molecular weight is 291 g/mol. The van der Waals surface area contributed by atoms with Crippen molar-refractivity contribution in [1.82, 2.24) is 5.32 Å². The van der Waals surface area contributed by atoms with Gasteiger partial charge in [0.25, 0.3) is 0 Å². The summed E-state index contributed by atoms with van der Waals surface area (Å²) in [4.78, 5) is 23.3. The van der Waals surface area contributed by atoms with Crippen molar-refractivity contribution in [2.45, 2.75) is 40.3 Å². The number of nitrogens with two attached hydrogens (primary N) is 1. The SMILES string of the molecule is CC(C)C(=O)Nc1ccc(CNC(=O)C(N)C(C)C)cc1. The van der Waals surface area contributed by atoms with E-state index in [0.717, 1.165) is 11.3 Å². The largest absolute Gasteiger partial charge is 0.351 e. The molecule has 0 radical (unpaired) electrons. The lowest BCUT2D eigenvalue weighted by Gasteiger charge is -2.15. The molecule has 0 saturated carbocycles. The summed E-state index contributed by atoms with van der Waals surface area (Å²) in [6.07, 6.45) is 0. The molecular weight excluding hydrogens is 266 g/mol. The Kier molecular flexibility index (Phi) is 6.37. The van der Waals surface area contributed by atoms with E-state index < -0.39 is 6.04 Å². The number of anilines is 1. The molecule has 0 spiro atoms. The number of carbonyl (C=O) groups excluding carboxylic acids is 2. The zero-order valence-electron chi connectivity index (χ0n) is 13.1. The van der Waals surface area contributed by atoms with Gasteiger partial charge in [0, 0.05) is 18.2 Å². The molecule has 0 heterocycles. The molecule has 0 aliphatic carbocycles. The highest BCUT2D eigenvalue weighted by Crippen LogP contribution is 2.11. The van der Waals surface area contributed by atoms with Crippen molar-refractivity contribution >= 4 is 17.5 Å². The first-order chi connectivity index (χ1) is 9.81. The van der Waals surface area contributed by atoms with Crippen LogP contribution in [0, 0.1) is 11.8 Å². The Hall–Kier alpha value is -1.88. The first-order valence-corrected chi connectivity index (χ1v) is 7.24. The third kappa shape index (κ3) is 5.55. The summed E-state index contributed by atoms with van der Waals surface area (Å²) >= 11 is 0. The molecule has 0 aliphatic heterocycles. The van der Waals surface area contributed by atoms with E-state index in [9.17, 15) is 9.59 Å². The molecule has 0 aliphatic rings. The zero-order valence-corrected chi connectivity index (χ0v) is 13.1. The van der Waals surface area contributed by atoms with Crippen LogP contribution < -0.4 is 16.4 Å². The number of hydrogen-bond acceptors (Lipinski definition) is 3. The quantitative estimate of drug-likeness (QED) is 0.748. The molecule has 1 aromatic rings. The van der Waals surface area contributed by atoms with Crippen LogP contribution in [-0.4, -0.2) is 17.9 Å². The van der Waals surface area contributed by atoms with Crippen molar-refractivity contribution in [2.75, 3.05) is 5.32 Å². The van der Waals surface area contributed by atoms with E-state index in [4.69, 9.17) is 5.73 Å². The predicted octanol–water partition coefficient (Wildman–Crippen LogP) is 1.88. The van der Waals surface area contributed by atoms with Crippen molar-refractivity contribution < 1.29 is 9.59 Å². The maximum absolute atomic E-state index is 11.8. The smallest absolute Gasteiger partial charge is 0.237 e. The first kappa shape index (κ1) is 17.2. The summed E-state index contributed by atoms with van der Waals surface area (Å²) in [5, 5.41) is 5.63. The zero-order chi connectivity index (χ0) is 16.0. The third-order valence-corrected chi connectivity index (χ3v) is 3.23. The Morgan fingerprint density at radius 1 is 1.05 bits per heavy atom. The van der Waals surface area contributed by atoms with Crippen LogP contribution in [0.4, 0.5) is 5.69 Å². The fourth-order valence-electron chi connectivity index (χ4n) is 1.60. The van der Waals surface area contributed by atoms with Gasteiger partial charge in [-0.15, -0.1) is 0 Å². The highest BCUT2D eigenvalue weighted by Gasteiger charge is 2.16. The minimum absolute atomic E-state index is 0.0149. The van der Waals surface area contributed by atoms with E-state index in [-0.39, 0.29) is 23.7 Å². The molecule has 1 rings (SSSR count). The molecule has 21 heavy (non-hydrogen) atoms. The Balaban J connectivity index is 2.52. The molecule has 1 aromatic carbocycles.